The van der Waals surface area contributed by atoms with Gasteiger partial charge in [0.1, 0.15) is 5.82 Å². The van der Waals surface area contributed by atoms with Gasteiger partial charge in [-0.1, -0.05) is 24.6 Å². The van der Waals surface area contributed by atoms with Crippen molar-refractivity contribution in [2.24, 2.45) is 23.6 Å². The number of hydrogen-bond donors (Lipinski definition) is 2. The van der Waals surface area contributed by atoms with E-state index in [4.69, 9.17) is 5.84 Å². The van der Waals surface area contributed by atoms with Crippen molar-refractivity contribution in [3.8, 4) is 0 Å². The summed E-state index contributed by atoms with van der Waals surface area (Å²) in [4.78, 5) is 0. The Morgan fingerprint density at radius 3 is 2.56 bits per heavy atom. The number of hydrogen-bond acceptors (Lipinski definition) is 2. The highest BCUT2D eigenvalue weighted by molar-refractivity contribution is 5.25. The first-order chi connectivity index (χ1) is 7.83. The predicted molar refractivity (Wildman–Crippen MR) is 60.8 cm³/mol. The summed E-state index contributed by atoms with van der Waals surface area (Å²) in [6.45, 7) is 0. The van der Waals surface area contributed by atoms with Crippen LogP contribution >= 0.6 is 0 Å². The Bertz CT molecular complexity index is 383. The third-order valence-corrected chi connectivity index (χ3v) is 4.28. The number of halogens is 1. The molecule has 0 bridgehead atoms. The molecule has 1 aromatic carbocycles. The third-order valence-electron chi connectivity index (χ3n) is 4.28. The summed E-state index contributed by atoms with van der Waals surface area (Å²) in [6, 6.07) is 6.95. The van der Waals surface area contributed by atoms with Gasteiger partial charge in [0.05, 0.1) is 6.04 Å². The second kappa shape index (κ2) is 3.82. The highest BCUT2D eigenvalue weighted by Gasteiger charge is 2.56. The molecule has 0 spiro atoms. The van der Waals surface area contributed by atoms with Gasteiger partial charge in [0, 0.05) is 5.56 Å². The number of rotatable bonds is 3. The average Bonchev–Trinajstić information content (AvgIpc) is 2.76. The van der Waals surface area contributed by atoms with Gasteiger partial charge in [-0.25, -0.2) is 4.39 Å². The molecule has 3 unspecified atom stereocenters. The summed E-state index contributed by atoms with van der Waals surface area (Å²) < 4.78 is 13.7. The van der Waals surface area contributed by atoms with Crippen LogP contribution in [0, 0.1) is 23.6 Å². The van der Waals surface area contributed by atoms with E-state index < -0.39 is 0 Å². The molecule has 0 radical (unpaired) electrons. The summed E-state index contributed by atoms with van der Waals surface area (Å²) in [6.07, 6.45) is 3.92. The zero-order valence-electron chi connectivity index (χ0n) is 9.20. The largest absolute Gasteiger partial charge is 0.271 e. The Hall–Kier alpha value is -0.930. The number of benzene rings is 1. The maximum absolute atomic E-state index is 13.7. The lowest BCUT2D eigenvalue weighted by atomic mass is 9.97. The van der Waals surface area contributed by atoms with Crippen LogP contribution in [0.1, 0.15) is 30.9 Å². The van der Waals surface area contributed by atoms with Gasteiger partial charge in [-0.2, -0.15) is 0 Å². The van der Waals surface area contributed by atoms with Crippen LogP contribution < -0.4 is 11.3 Å². The van der Waals surface area contributed by atoms with Gasteiger partial charge in [0.15, 0.2) is 0 Å². The summed E-state index contributed by atoms with van der Waals surface area (Å²) >= 11 is 0. The van der Waals surface area contributed by atoms with Gasteiger partial charge < -0.3 is 0 Å². The lowest BCUT2D eigenvalue weighted by molar-refractivity contribution is 0.410. The minimum absolute atomic E-state index is 0.00324. The van der Waals surface area contributed by atoms with E-state index in [9.17, 15) is 4.39 Å². The van der Waals surface area contributed by atoms with Gasteiger partial charge in [-0.15, -0.1) is 0 Å². The first kappa shape index (κ1) is 10.2. The van der Waals surface area contributed by atoms with Crippen LogP contribution in [0.4, 0.5) is 4.39 Å². The van der Waals surface area contributed by atoms with E-state index in [-0.39, 0.29) is 11.9 Å². The van der Waals surface area contributed by atoms with Crippen LogP contribution in [0.5, 0.6) is 0 Å². The third kappa shape index (κ3) is 1.46. The van der Waals surface area contributed by atoms with E-state index in [1.165, 1.54) is 25.3 Å². The van der Waals surface area contributed by atoms with Crippen molar-refractivity contribution >= 4 is 0 Å². The molecule has 0 heterocycles. The van der Waals surface area contributed by atoms with Crippen LogP contribution in [0.3, 0.4) is 0 Å². The molecule has 3 atom stereocenters. The van der Waals surface area contributed by atoms with E-state index in [2.05, 4.69) is 5.43 Å². The van der Waals surface area contributed by atoms with E-state index in [0.717, 1.165) is 17.4 Å². The Kier molecular flexibility index (Phi) is 2.45. The first-order valence-electron chi connectivity index (χ1n) is 6.03. The highest BCUT2D eigenvalue weighted by Crippen LogP contribution is 2.62. The fourth-order valence-electron chi connectivity index (χ4n) is 3.51. The van der Waals surface area contributed by atoms with E-state index in [1.807, 2.05) is 12.1 Å². The standard InChI is InChI=1S/C13H17FN2/c14-11-7-2-1-4-10(11)13(16-15)12-8-5-3-6-9(8)12/h1-2,4,7-9,12-13,16H,3,5-6,15H2. The highest BCUT2D eigenvalue weighted by atomic mass is 19.1. The number of nitrogens with two attached hydrogens (primary N) is 1. The van der Waals surface area contributed by atoms with Crippen LogP contribution in [0.2, 0.25) is 0 Å². The average molecular weight is 220 g/mol. The van der Waals surface area contributed by atoms with Crippen molar-refractivity contribution in [2.75, 3.05) is 0 Å². The molecule has 0 aromatic heterocycles. The number of fused-ring (bicyclic) bond motifs is 1. The van der Waals surface area contributed by atoms with Crippen molar-refractivity contribution in [3.63, 3.8) is 0 Å². The fraction of sp³-hybridized carbons (Fsp3) is 0.538. The molecule has 86 valence electrons. The molecule has 2 fully saturated rings. The minimum Gasteiger partial charge on any atom is -0.271 e. The maximum atomic E-state index is 13.7. The lowest BCUT2D eigenvalue weighted by Crippen LogP contribution is -2.31. The van der Waals surface area contributed by atoms with Crippen molar-refractivity contribution in [1.82, 2.24) is 5.43 Å². The molecular weight excluding hydrogens is 203 g/mol. The van der Waals surface area contributed by atoms with Crippen molar-refractivity contribution in [1.29, 1.82) is 0 Å². The molecule has 1 aromatic rings. The molecule has 2 aliphatic carbocycles. The quantitative estimate of drug-likeness (QED) is 0.606. The van der Waals surface area contributed by atoms with Crippen molar-refractivity contribution < 1.29 is 4.39 Å². The normalized spacial score (nSPS) is 33.5. The van der Waals surface area contributed by atoms with Crippen LogP contribution in [0.15, 0.2) is 24.3 Å². The van der Waals surface area contributed by atoms with E-state index in [1.54, 1.807) is 6.07 Å². The summed E-state index contributed by atoms with van der Waals surface area (Å²) in [5.74, 6) is 7.57. The predicted octanol–water partition coefficient (Wildman–Crippen LogP) is 2.38. The van der Waals surface area contributed by atoms with Crippen molar-refractivity contribution in [2.45, 2.75) is 25.3 Å². The summed E-state index contributed by atoms with van der Waals surface area (Å²) in [7, 11) is 0. The first-order valence-corrected chi connectivity index (χ1v) is 6.03. The molecule has 0 saturated heterocycles. The smallest absolute Gasteiger partial charge is 0.128 e. The van der Waals surface area contributed by atoms with Gasteiger partial charge in [-0.05, 0) is 36.7 Å². The van der Waals surface area contributed by atoms with Crippen LogP contribution in [-0.4, -0.2) is 0 Å². The minimum atomic E-state index is -0.143. The molecule has 2 nitrogen and oxygen atoms in total. The van der Waals surface area contributed by atoms with E-state index in [0.29, 0.717) is 5.92 Å². The van der Waals surface area contributed by atoms with Gasteiger partial charge in [-0.3, -0.25) is 11.3 Å². The molecule has 3 rings (SSSR count). The number of nitrogens with one attached hydrogen (secondary N) is 1. The Balaban J connectivity index is 1.84. The Morgan fingerprint density at radius 1 is 1.25 bits per heavy atom. The molecule has 2 saturated carbocycles. The lowest BCUT2D eigenvalue weighted by Gasteiger charge is -2.18. The summed E-state index contributed by atoms with van der Waals surface area (Å²) in [5, 5.41) is 0. The van der Waals surface area contributed by atoms with Gasteiger partial charge >= 0.3 is 0 Å². The molecule has 16 heavy (non-hydrogen) atoms. The summed E-state index contributed by atoms with van der Waals surface area (Å²) in [5.41, 5.74) is 3.54. The second-order valence-corrected chi connectivity index (χ2v) is 5.00. The molecular formula is C13H17FN2. The number of hydrazine groups is 1. The maximum Gasteiger partial charge on any atom is 0.128 e. The molecule has 3 N–H and O–H groups in total. The zero-order valence-corrected chi connectivity index (χ0v) is 9.20. The Morgan fingerprint density at radius 2 is 1.94 bits per heavy atom. The Labute approximate surface area is 95.0 Å². The monoisotopic (exact) mass is 220 g/mol. The van der Waals surface area contributed by atoms with Gasteiger partial charge in [0.2, 0.25) is 0 Å². The SMILES string of the molecule is NNC(c1ccccc1F)C1C2CCCC21. The topological polar surface area (TPSA) is 38.0 Å². The second-order valence-electron chi connectivity index (χ2n) is 5.00. The molecule has 2 aliphatic rings. The zero-order chi connectivity index (χ0) is 11.1. The van der Waals surface area contributed by atoms with Crippen molar-refractivity contribution in [3.05, 3.63) is 35.6 Å². The molecule has 3 heteroatoms. The molecule has 0 amide bonds. The van der Waals surface area contributed by atoms with Crippen LogP contribution in [0.25, 0.3) is 0 Å². The molecule has 0 aliphatic heterocycles. The van der Waals surface area contributed by atoms with E-state index >= 15 is 0 Å². The fourth-order valence-corrected chi connectivity index (χ4v) is 3.51. The van der Waals surface area contributed by atoms with Crippen LogP contribution in [-0.2, 0) is 0 Å². The van der Waals surface area contributed by atoms with Gasteiger partial charge in [0.25, 0.3) is 0 Å².